The Morgan fingerprint density at radius 1 is 1.42 bits per heavy atom. The molecule has 19 heavy (non-hydrogen) atoms. The van der Waals surface area contributed by atoms with Crippen molar-refractivity contribution < 1.29 is 4.79 Å². The minimum absolute atomic E-state index is 0.107. The monoisotopic (exact) mass is 272 g/mol. The van der Waals surface area contributed by atoms with Gasteiger partial charge < -0.3 is 4.57 Å². The molecule has 0 unspecified atom stereocenters. The molecule has 1 N–H and O–H groups in total. The maximum atomic E-state index is 11.9. The molecule has 0 aliphatic heterocycles. The second-order valence-corrected chi connectivity index (χ2v) is 4.91. The summed E-state index contributed by atoms with van der Waals surface area (Å²) in [5.74, 6) is 0.450. The predicted molar refractivity (Wildman–Crippen MR) is 75.2 cm³/mol. The van der Waals surface area contributed by atoms with Crippen LogP contribution in [0.5, 0.6) is 0 Å². The fraction of sp³-hybridized carbons (Fsp3) is 0.154. The minimum atomic E-state index is -0.107. The number of rotatable bonds is 3. The fourth-order valence-electron chi connectivity index (χ4n) is 1.92. The number of anilines is 1. The zero-order valence-electron chi connectivity index (χ0n) is 10.3. The normalized spacial score (nSPS) is 10.8. The van der Waals surface area contributed by atoms with Gasteiger partial charge in [-0.05, 0) is 12.1 Å². The number of aromatic nitrogens is 3. The Kier molecular flexibility index (Phi) is 3.00. The van der Waals surface area contributed by atoms with E-state index in [1.807, 2.05) is 41.3 Å². The number of hydrogen-bond acceptors (Lipinski definition) is 4. The molecule has 0 aliphatic rings. The number of imidazole rings is 1. The molecule has 0 radical (unpaired) electrons. The topological polar surface area (TPSA) is 59.8 Å². The highest BCUT2D eigenvalue weighted by Gasteiger charge is 2.11. The van der Waals surface area contributed by atoms with Crippen molar-refractivity contribution in [2.24, 2.45) is 7.05 Å². The molecule has 5 nitrogen and oxygen atoms in total. The van der Waals surface area contributed by atoms with E-state index in [1.165, 1.54) is 11.3 Å². The average Bonchev–Trinajstić information content (AvgIpc) is 3.00. The van der Waals surface area contributed by atoms with Gasteiger partial charge in [0.2, 0.25) is 11.9 Å². The molecule has 3 aromatic rings. The van der Waals surface area contributed by atoms with Gasteiger partial charge in [0, 0.05) is 12.4 Å². The summed E-state index contributed by atoms with van der Waals surface area (Å²) in [5, 5.41) is 4.69. The van der Waals surface area contributed by atoms with Gasteiger partial charge in [0.05, 0.1) is 28.7 Å². The third-order valence-electron chi connectivity index (χ3n) is 2.86. The van der Waals surface area contributed by atoms with Crippen LogP contribution in [0.3, 0.4) is 0 Å². The van der Waals surface area contributed by atoms with Crippen molar-refractivity contribution >= 4 is 34.2 Å². The fourth-order valence-corrected chi connectivity index (χ4v) is 2.47. The van der Waals surface area contributed by atoms with E-state index in [9.17, 15) is 4.79 Å². The van der Waals surface area contributed by atoms with Crippen molar-refractivity contribution in [2.75, 3.05) is 5.32 Å². The van der Waals surface area contributed by atoms with E-state index in [0.717, 1.165) is 16.7 Å². The van der Waals surface area contributed by atoms with Crippen molar-refractivity contribution in [1.82, 2.24) is 14.5 Å². The summed E-state index contributed by atoms with van der Waals surface area (Å²) in [6, 6.07) is 7.77. The second kappa shape index (κ2) is 4.81. The molecular formula is C13H12N4OS. The number of thiazole rings is 1. The Balaban J connectivity index is 1.81. The molecule has 2 heterocycles. The average molecular weight is 272 g/mol. The summed E-state index contributed by atoms with van der Waals surface area (Å²) >= 11 is 1.48. The van der Waals surface area contributed by atoms with Gasteiger partial charge in [-0.25, -0.2) is 9.97 Å². The van der Waals surface area contributed by atoms with Crippen LogP contribution < -0.4 is 5.32 Å². The first-order valence-corrected chi connectivity index (χ1v) is 6.76. The first-order chi connectivity index (χ1) is 9.24. The van der Waals surface area contributed by atoms with Gasteiger partial charge >= 0.3 is 0 Å². The number of carbonyl (C=O) groups excluding carboxylic acids is 1. The quantitative estimate of drug-likeness (QED) is 0.795. The Morgan fingerprint density at radius 3 is 3.00 bits per heavy atom. The molecule has 0 bridgehead atoms. The van der Waals surface area contributed by atoms with Crippen molar-refractivity contribution in [3.05, 3.63) is 40.8 Å². The van der Waals surface area contributed by atoms with Crippen molar-refractivity contribution in [3.8, 4) is 0 Å². The van der Waals surface area contributed by atoms with E-state index >= 15 is 0 Å². The number of aryl methyl sites for hydroxylation is 1. The largest absolute Gasteiger partial charge is 0.313 e. The molecule has 3 rings (SSSR count). The van der Waals surface area contributed by atoms with Gasteiger partial charge in [-0.1, -0.05) is 12.1 Å². The van der Waals surface area contributed by atoms with Gasteiger partial charge in [-0.2, -0.15) is 0 Å². The summed E-state index contributed by atoms with van der Waals surface area (Å²) in [7, 11) is 1.88. The van der Waals surface area contributed by atoms with Crippen LogP contribution in [0.2, 0.25) is 0 Å². The van der Waals surface area contributed by atoms with Crippen LogP contribution in [0, 0.1) is 0 Å². The second-order valence-electron chi connectivity index (χ2n) is 4.19. The van der Waals surface area contributed by atoms with E-state index in [-0.39, 0.29) is 12.3 Å². The number of carbonyl (C=O) groups is 1. The summed E-state index contributed by atoms with van der Waals surface area (Å²) in [6.07, 6.45) is 0.271. The first-order valence-electron chi connectivity index (χ1n) is 5.82. The molecular weight excluding hydrogens is 260 g/mol. The molecule has 1 aromatic carbocycles. The molecule has 1 amide bonds. The van der Waals surface area contributed by atoms with E-state index < -0.39 is 0 Å². The van der Waals surface area contributed by atoms with Crippen molar-refractivity contribution in [2.45, 2.75) is 6.42 Å². The van der Waals surface area contributed by atoms with Crippen LogP contribution in [0.1, 0.15) is 5.69 Å². The highest BCUT2D eigenvalue weighted by Crippen LogP contribution is 2.17. The number of nitrogens with zero attached hydrogens (tertiary/aromatic N) is 3. The van der Waals surface area contributed by atoms with Crippen LogP contribution in [-0.2, 0) is 18.3 Å². The third kappa shape index (κ3) is 2.34. The molecule has 0 saturated heterocycles. The van der Waals surface area contributed by atoms with Gasteiger partial charge in [0.1, 0.15) is 0 Å². The smallest absolute Gasteiger partial charge is 0.232 e. The lowest BCUT2D eigenvalue weighted by Crippen LogP contribution is -2.17. The number of fused-ring (bicyclic) bond motifs is 1. The number of hydrogen-bond donors (Lipinski definition) is 1. The van der Waals surface area contributed by atoms with E-state index in [0.29, 0.717) is 5.95 Å². The predicted octanol–water partition coefficient (Wildman–Crippen LogP) is 2.21. The van der Waals surface area contributed by atoms with Gasteiger partial charge in [0.15, 0.2) is 0 Å². The van der Waals surface area contributed by atoms with Crippen LogP contribution in [0.25, 0.3) is 11.0 Å². The zero-order chi connectivity index (χ0) is 13.2. The van der Waals surface area contributed by atoms with Gasteiger partial charge in [-0.15, -0.1) is 11.3 Å². The highest BCUT2D eigenvalue weighted by molar-refractivity contribution is 7.07. The summed E-state index contributed by atoms with van der Waals surface area (Å²) < 4.78 is 1.87. The van der Waals surface area contributed by atoms with Gasteiger partial charge in [-0.3, -0.25) is 10.1 Å². The van der Waals surface area contributed by atoms with Crippen molar-refractivity contribution in [3.63, 3.8) is 0 Å². The number of para-hydroxylation sites is 2. The Bertz CT molecular complexity index is 717. The van der Waals surface area contributed by atoms with Crippen LogP contribution in [0.4, 0.5) is 5.95 Å². The molecule has 0 saturated carbocycles. The third-order valence-corrected chi connectivity index (χ3v) is 3.50. The lowest BCUT2D eigenvalue weighted by atomic mass is 10.3. The number of amides is 1. The standard InChI is InChI=1S/C13H12N4OS/c1-17-11-5-3-2-4-10(11)15-13(17)16-12(18)6-9-7-19-8-14-9/h2-5,7-8H,6H2,1H3,(H,15,16,18). The summed E-state index contributed by atoms with van der Waals surface area (Å²) in [5.41, 5.74) is 4.36. The number of nitrogens with one attached hydrogen (secondary N) is 1. The maximum Gasteiger partial charge on any atom is 0.232 e. The molecule has 0 fully saturated rings. The SMILES string of the molecule is Cn1c(NC(=O)Cc2cscn2)nc2ccccc21. The Labute approximate surface area is 113 Å². The van der Waals surface area contributed by atoms with E-state index in [4.69, 9.17) is 0 Å². The highest BCUT2D eigenvalue weighted by atomic mass is 32.1. The van der Waals surface area contributed by atoms with Crippen LogP contribution in [0.15, 0.2) is 35.2 Å². The molecule has 2 aromatic heterocycles. The first kappa shape index (κ1) is 11.9. The molecule has 96 valence electrons. The van der Waals surface area contributed by atoms with Crippen LogP contribution >= 0.6 is 11.3 Å². The van der Waals surface area contributed by atoms with E-state index in [1.54, 1.807) is 5.51 Å². The molecule has 0 atom stereocenters. The zero-order valence-corrected chi connectivity index (χ0v) is 11.1. The number of benzene rings is 1. The Hall–Kier alpha value is -2.21. The minimum Gasteiger partial charge on any atom is -0.313 e. The lowest BCUT2D eigenvalue weighted by Gasteiger charge is -2.03. The summed E-state index contributed by atoms with van der Waals surface area (Å²) in [6.45, 7) is 0. The molecule has 6 heteroatoms. The van der Waals surface area contributed by atoms with Crippen molar-refractivity contribution in [1.29, 1.82) is 0 Å². The maximum absolute atomic E-state index is 11.9. The summed E-state index contributed by atoms with van der Waals surface area (Å²) in [4.78, 5) is 20.4. The van der Waals surface area contributed by atoms with E-state index in [2.05, 4.69) is 15.3 Å². The van der Waals surface area contributed by atoms with Gasteiger partial charge in [0.25, 0.3) is 0 Å². The Morgan fingerprint density at radius 2 is 2.26 bits per heavy atom. The lowest BCUT2D eigenvalue weighted by molar-refractivity contribution is -0.115. The molecule has 0 aliphatic carbocycles. The molecule has 0 spiro atoms. The van der Waals surface area contributed by atoms with Crippen LogP contribution in [-0.4, -0.2) is 20.4 Å².